The van der Waals surface area contributed by atoms with Crippen molar-refractivity contribution in [3.63, 3.8) is 0 Å². The van der Waals surface area contributed by atoms with Gasteiger partial charge < -0.3 is 5.10 Å². The molecule has 3 heteroatoms. The van der Waals surface area contributed by atoms with Gasteiger partial charge in [0.25, 0.3) is 0 Å². The van der Waals surface area contributed by atoms with E-state index in [1.54, 1.807) is 6.20 Å². The van der Waals surface area contributed by atoms with E-state index in [0.29, 0.717) is 0 Å². The Morgan fingerprint density at radius 3 is 3.50 bits per heavy atom. The highest BCUT2D eigenvalue weighted by atomic mass is 15.2. The first-order valence-corrected chi connectivity index (χ1v) is 2.43. The molecule has 2 aromatic heterocycles. The van der Waals surface area contributed by atoms with Gasteiger partial charge in [0.15, 0.2) is 5.65 Å². The van der Waals surface area contributed by atoms with Crippen LogP contribution in [0, 0.1) is 0 Å². The van der Waals surface area contributed by atoms with E-state index in [-0.39, 0.29) is 0 Å². The number of rotatable bonds is 0. The fourth-order valence-electron chi connectivity index (χ4n) is 0.740. The molecule has 0 aliphatic heterocycles. The molecule has 0 aliphatic carbocycles. The summed E-state index contributed by atoms with van der Waals surface area (Å²) < 4.78 is 1.85. The van der Waals surface area contributed by atoms with Crippen LogP contribution in [0.5, 0.6) is 0 Å². The van der Waals surface area contributed by atoms with Gasteiger partial charge in [0, 0.05) is 24.7 Å². The van der Waals surface area contributed by atoms with Crippen molar-refractivity contribution >= 4 is 5.65 Å². The Morgan fingerprint density at radius 2 is 2.62 bits per heavy atom. The lowest BCUT2D eigenvalue weighted by Gasteiger charge is -1.74. The molecule has 0 aromatic carbocycles. The molecule has 3 nitrogen and oxygen atoms in total. The lowest BCUT2D eigenvalue weighted by atomic mass is 10.7. The number of hydrogen-bond donors (Lipinski definition) is 1. The van der Waals surface area contributed by atoms with Crippen molar-refractivity contribution in [1.29, 1.82) is 0 Å². The average Bonchev–Trinajstić information content (AvgIpc) is 2.15. The highest BCUT2D eigenvalue weighted by Gasteiger charge is 1.87. The van der Waals surface area contributed by atoms with E-state index >= 15 is 0 Å². The van der Waals surface area contributed by atoms with Crippen molar-refractivity contribution in [2.24, 2.45) is 0 Å². The van der Waals surface area contributed by atoms with Gasteiger partial charge >= 0.3 is 0 Å². The van der Waals surface area contributed by atoms with Crippen LogP contribution in [0.15, 0.2) is 24.7 Å². The Kier molecular flexibility index (Phi) is 0.521. The molecular formula is C5H5N3. The van der Waals surface area contributed by atoms with Crippen LogP contribution in [-0.4, -0.2) is 14.6 Å². The number of imidazole rings is 1. The fraction of sp³-hybridized carbons (Fsp3) is 0. The summed E-state index contributed by atoms with van der Waals surface area (Å²) in [7, 11) is 0. The minimum absolute atomic E-state index is 0.963. The lowest BCUT2D eigenvalue weighted by molar-refractivity contribution is 0.973. The van der Waals surface area contributed by atoms with Crippen LogP contribution >= 0.6 is 0 Å². The maximum atomic E-state index is 4.01. The summed E-state index contributed by atoms with van der Waals surface area (Å²) in [5, 5.41) is 2.95. The number of nitrogens with one attached hydrogen (secondary N) is 1. The van der Waals surface area contributed by atoms with Gasteiger partial charge in [-0.2, -0.15) is 0 Å². The van der Waals surface area contributed by atoms with Gasteiger partial charge in [-0.25, -0.2) is 9.50 Å². The van der Waals surface area contributed by atoms with Gasteiger partial charge in [-0.1, -0.05) is 0 Å². The van der Waals surface area contributed by atoms with E-state index < -0.39 is 0 Å². The zero-order valence-corrected chi connectivity index (χ0v) is 4.20. The highest BCUT2D eigenvalue weighted by molar-refractivity contribution is 5.34. The summed E-state index contributed by atoms with van der Waals surface area (Å²) >= 11 is 0. The van der Waals surface area contributed by atoms with E-state index in [2.05, 4.69) is 10.1 Å². The molecule has 1 N–H and O–H groups in total. The maximum Gasteiger partial charge on any atom is 0.152 e. The van der Waals surface area contributed by atoms with E-state index in [1.165, 1.54) is 0 Å². The SMILES string of the molecule is c1cn2[nH]ccc2n1. The van der Waals surface area contributed by atoms with E-state index in [1.807, 2.05) is 23.0 Å². The van der Waals surface area contributed by atoms with Crippen molar-refractivity contribution in [2.45, 2.75) is 0 Å². The van der Waals surface area contributed by atoms with Gasteiger partial charge in [-0.05, 0) is 0 Å². The largest absolute Gasteiger partial charge is 0.300 e. The number of nitrogens with zero attached hydrogens (tertiary/aromatic N) is 2. The Morgan fingerprint density at radius 1 is 1.62 bits per heavy atom. The lowest BCUT2D eigenvalue weighted by Crippen LogP contribution is -1.75. The average molecular weight is 107 g/mol. The van der Waals surface area contributed by atoms with Crippen LogP contribution in [-0.2, 0) is 0 Å². The molecule has 0 unspecified atom stereocenters. The molecule has 40 valence electrons. The van der Waals surface area contributed by atoms with Gasteiger partial charge in [0.1, 0.15) is 0 Å². The monoisotopic (exact) mass is 107 g/mol. The van der Waals surface area contributed by atoms with E-state index in [9.17, 15) is 0 Å². The number of aromatic amines is 1. The highest BCUT2D eigenvalue weighted by Crippen LogP contribution is 1.93. The fourth-order valence-corrected chi connectivity index (χ4v) is 0.740. The first-order valence-electron chi connectivity index (χ1n) is 2.43. The summed E-state index contributed by atoms with van der Waals surface area (Å²) in [6, 6.07) is 1.92. The number of H-pyrrole nitrogens is 1. The molecule has 0 fully saturated rings. The maximum absolute atomic E-state index is 4.01. The first kappa shape index (κ1) is 3.72. The summed E-state index contributed by atoms with van der Waals surface area (Å²) in [5.41, 5.74) is 0.963. The number of aromatic nitrogens is 3. The van der Waals surface area contributed by atoms with Crippen LogP contribution in [0.25, 0.3) is 5.65 Å². The molecule has 2 rings (SSSR count). The minimum Gasteiger partial charge on any atom is -0.300 e. The molecule has 2 aromatic rings. The van der Waals surface area contributed by atoms with Crippen molar-refractivity contribution in [3.05, 3.63) is 24.7 Å². The standard InChI is InChI=1S/C5H5N3/c1-2-7-8-4-3-6-5(1)8/h1-4,7H. The predicted octanol–water partition coefficient (Wildman–Crippen LogP) is 0.662. The Hall–Kier alpha value is -1.25. The molecule has 0 saturated carbocycles. The van der Waals surface area contributed by atoms with E-state index in [0.717, 1.165) is 5.65 Å². The number of fused-ring (bicyclic) bond motifs is 1. The predicted molar refractivity (Wildman–Crippen MR) is 29.5 cm³/mol. The zero-order valence-electron chi connectivity index (χ0n) is 4.20. The van der Waals surface area contributed by atoms with Gasteiger partial charge in [-0.3, -0.25) is 0 Å². The van der Waals surface area contributed by atoms with Gasteiger partial charge in [0.05, 0.1) is 0 Å². The Labute approximate surface area is 45.9 Å². The molecule has 0 radical (unpaired) electrons. The summed E-state index contributed by atoms with van der Waals surface area (Å²) in [5.74, 6) is 0. The van der Waals surface area contributed by atoms with Crippen LogP contribution in [0.4, 0.5) is 0 Å². The topological polar surface area (TPSA) is 33.1 Å². The third kappa shape index (κ3) is 0.307. The normalized spacial score (nSPS) is 10.5. The zero-order chi connectivity index (χ0) is 5.40. The first-order chi connectivity index (χ1) is 3.97. The molecule has 0 atom stereocenters. The van der Waals surface area contributed by atoms with Crippen LogP contribution in [0.2, 0.25) is 0 Å². The molecule has 0 spiro atoms. The van der Waals surface area contributed by atoms with Crippen LogP contribution < -0.4 is 0 Å². The third-order valence-electron chi connectivity index (χ3n) is 1.12. The van der Waals surface area contributed by atoms with E-state index in [4.69, 9.17) is 0 Å². The van der Waals surface area contributed by atoms with Crippen LogP contribution in [0.1, 0.15) is 0 Å². The summed E-state index contributed by atoms with van der Waals surface area (Å²) in [4.78, 5) is 4.01. The number of hydrogen-bond acceptors (Lipinski definition) is 1. The van der Waals surface area contributed by atoms with Crippen LogP contribution in [0.3, 0.4) is 0 Å². The van der Waals surface area contributed by atoms with Gasteiger partial charge in [0.2, 0.25) is 0 Å². The van der Waals surface area contributed by atoms with Crippen molar-refractivity contribution in [1.82, 2.24) is 14.6 Å². The minimum atomic E-state index is 0.963. The molecular weight excluding hydrogens is 102 g/mol. The second-order valence-electron chi connectivity index (χ2n) is 1.62. The summed E-state index contributed by atoms with van der Waals surface area (Å²) in [6.45, 7) is 0. The second kappa shape index (κ2) is 1.12. The summed E-state index contributed by atoms with van der Waals surface area (Å²) in [6.07, 6.45) is 5.48. The van der Waals surface area contributed by atoms with Crippen molar-refractivity contribution < 1.29 is 0 Å². The molecule has 0 bridgehead atoms. The van der Waals surface area contributed by atoms with Crippen molar-refractivity contribution in [3.8, 4) is 0 Å². The second-order valence-corrected chi connectivity index (χ2v) is 1.62. The van der Waals surface area contributed by atoms with Crippen molar-refractivity contribution in [2.75, 3.05) is 0 Å². The molecule has 0 aliphatic rings. The quantitative estimate of drug-likeness (QED) is 0.527. The smallest absolute Gasteiger partial charge is 0.152 e. The molecule has 2 heterocycles. The molecule has 0 amide bonds. The Bertz CT molecular complexity index is 229. The Balaban J connectivity index is 3.06. The molecule has 0 saturated heterocycles. The van der Waals surface area contributed by atoms with Gasteiger partial charge in [-0.15, -0.1) is 0 Å². The molecule has 8 heavy (non-hydrogen) atoms. The third-order valence-corrected chi connectivity index (χ3v) is 1.12.